The standard InChI is InChI=1S/C14H20O2/c1-10(13(16)14(2,3)4)12(15)11-8-6-5-7-9-11/h5-10,12,15H,1-4H3. The molecule has 2 heteroatoms. The van der Waals surface area contributed by atoms with E-state index < -0.39 is 11.5 Å². The van der Waals surface area contributed by atoms with Crippen molar-refractivity contribution in [2.75, 3.05) is 0 Å². The molecule has 0 aromatic heterocycles. The first-order chi connectivity index (χ1) is 7.34. The van der Waals surface area contributed by atoms with E-state index in [9.17, 15) is 9.90 Å². The van der Waals surface area contributed by atoms with Gasteiger partial charge < -0.3 is 5.11 Å². The van der Waals surface area contributed by atoms with E-state index in [1.807, 2.05) is 51.1 Å². The normalized spacial score (nSPS) is 15.6. The van der Waals surface area contributed by atoms with Gasteiger partial charge in [-0.3, -0.25) is 4.79 Å². The number of rotatable bonds is 3. The lowest BCUT2D eigenvalue weighted by molar-refractivity contribution is -0.133. The van der Waals surface area contributed by atoms with Crippen LogP contribution >= 0.6 is 0 Å². The van der Waals surface area contributed by atoms with Gasteiger partial charge in [-0.15, -0.1) is 0 Å². The molecule has 0 bridgehead atoms. The summed E-state index contributed by atoms with van der Waals surface area (Å²) in [5, 5.41) is 10.1. The van der Waals surface area contributed by atoms with Crippen LogP contribution in [0.5, 0.6) is 0 Å². The maximum atomic E-state index is 12.0. The number of carbonyl (C=O) groups is 1. The third-order valence-corrected chi connectivity index (χ3v) is 2.77. The molecule has 0 heterocycles. The Morgan fingerprint density at radius 1 is 1.19 bits per heavy atom. The first kappa shape index (κ1) is 12.9. The van der Waals surface area contributed by atoms with Crippen molar-refractivity contribution in [1.29, 1.82) is 0 Å². The molecule has 0 fully saturated rings. The SMILES string of the molecule is CC(C(=O)C(C)(C)C)C(O)c1ccccc1. The van der Waals surface area contributed by atoms with Gasteiger partial charge in [0.2, 0.25) is 0 Å². The predicted molar refractivity (Wildman–Crippen MR) is 65.0 cm³/mol. The van der Waals surface area contributed by atoms with Crippen LogP contribution in [0.2, 0.25) is 0 Å². The highest BCUT2D eigenvalue weighted by atomic mass is 16.3. The van der Waals surface area contributed by atoms with Crippen molar-refractivity contribution in [2.45, 2.75) is 33.8 Å². The Morgan fingerprint density at radius 3 is 2.12 bits per heavy atom. The minimum Gasteiger partial charge on any atom is -0.388 e. The van der Waals surface area contributed by atoms with Gasteiger partial charge in [0.1, 0.15) is 5.78 Å². The van der Waals surface area contributed by atoms with Gasteiger partial charge in [-0.05, 0) is 5.56 Å². The predicted octanol–water partition coefficient (Wildman–Crippen LogP) is 2.97. The van der Waals surface area contributed by atoms with E-state index >= 15 is 0 Å². The van der Waals surface area contributed by atoms with Gasteiger partial charge in [-0.25, -0.2) is 0 Å². The molecule has 0 amide bonds. The van der Waals surface area contributed by atoms with Gasteiger partial charge in [-0.1, -0.05) is 58.0 Å². The van der Waals surface area contributed by atoms with E-state index in [1.54, 1.807) is 6.92 Å². The molecule has 1 N–H and O–H groups in total. The van der Waals surface area contributed by atoms with Crippen LogP contribution < -0.4 is 0 Å². The van der Waals surface area contributed by atoms with Crippen LogP contribution in [0.4, 0.5) is 0 Å². The molecule has 0 saturated heterocycles. The summed E-state index contributed by atoms with van der Waals surface area (Å²) in [5.74, 6) is -0.286. The first-order valence-corrected chi connectivity index (χ1v) is 5.61. The molecule has 0 spiro atoms. The summed E-state index contributed by atoms with van der Waals surface area (Å²) < 4.78 is 0. The number of benzene rings is 1. The van der Waals surface area contributed by atoms with Gasteiger partial charge in [0, 0.05) is 11.3 Å². The van der Waals surface area contributed by atoms with Crippen molar-refractivity contribution < 1.29 is 9.90 Å². The zero-order valence-electron chi connectivity index (χ0n) is 10.4. The highest BCUT2D eigenvalue weighted by Crippen LogP contribution is 2.29. The molecule has 0 aliphatic carbocycles. The Hall–Kier alpha value is -1.15. The van der Waals surface area contributed by atoms with Crippen molar-refractivity contribution in [3.63, 3.8) is 0 Å². The number of Topliss-reactive ketones (excluding diaryl/α,β-unsaturated/α-hetero) is 1. The third kappa shape index (κ3) is 2.92. The van der Waals surface area contributed by atoms with Gasteiger partial charge in [0.15, 0.2) is 0 Å². The van der Waals surface area contributed by atoms with Gasteiger partial charge >= 0.3 is 0 Å². The lowest BCUT2D eigenvalue weighted by Crippen LogP contribution is -2.30. The topological polar surface area (TPSA) is 37.3 Å². The van der Waals surface area contributed by atoms with Gasteiger partial charge in [0.25, 0.3) is 0 Å². The van der Waals surface area contributed by atoms with Crippen LogP contribution in [0.1, 0.15) is 39.4 Å². The fourth-order valence-electron chi connectivity index (χ4n) is 1.77. The van der Waals surface area contributed by atoms with Crippen LogP contribution in [0.25, 0.3) is 0 Å². The summed E-state index contributed by atoms with van der Waals surface area (Å²) in [4.78, 5) is 12.0. The molecular formula is C14H20O2. The summed E-state index contributed by atoms with van der Waals surface area (Å²) in [6.45, 7) is 7.42. The number of aliphatic hydroxyl groups excluding tert-OH is 1. The lowest BCUT2D eigenvalue weighted by Gasteiger charge is -2.25. The van der Waals surface area contributed by atoms with E-state index in [1.165, 1.54) is 0 Å². The molecule has 16 heavy (non-hydrogen) atoms. The molecule has 2 unspecified atom stereocenters. The molecule has 88 valence electrons. The number of hydrogen-bond acceptors (Lipinski definition) is 2. The molecule has 0 aliphatic rings. The molecule has 1 aromatic carbocycles. The number of carbonyl (C=O) groups excluding carboxylic acids is 1. The molecule has 2 atom stereocenters. The molecule has 0 radical (unpaired) electrons. The third-order valence-electron chi connectivity index (χ3n) is 2.77. The number of hydrogen-bond donors (Lipinski definition) is 1. The van der Waals surface area contributed by atoms with Crippen molar-refractivity contribution in [2.24, 2.45) is 11.3 Å². The summed E-state index contributed by atoms with van der Waals surface area (Å²) >= 11 is 0. The summed E-state index contributed by atoms with van der Waals surface area (Å²) in [7, 11) is 0. The Bertz CT molecular complexity index is 349. The molecule has 2 nitrogen and oxygen atoms in total. The minimum absolute atomic E-state index is 0.0869. The minimum atomic E-state index is -0.715. The van der Waals surface area contributed by atoms with E-state index in [0.29, 0.717) is 0 Å². The van der Waals surface area contributed by atoms with Crippen LogP contribution in [0, 0.1) is 11.3 Å². The lowest BCUT2D eigenvalue weighted by atomic mass is 9.80. The second-order valence-electron chi connectivity index (χ2n) is 5.26. The zero-order chi connectivity index (χ0) is 12.3. The number of ketones is 1. The fourth-order valence-corrected chi connectivity index (χ4v) is 1.77. The summed E-state index contributed by atoms with van der Waals surface area (Å²) in [5.41, 5.74) is 0.391. The second kappa shape index (κ2) is 4.79. The van der Waals surface area contributed by atoms with Crippen LogP contribution in [-0.2, 0) is 4.79 Å². The molecule has 1 aromatic rings. The van der Waals surface area contributed by atoms with Crippen LogP contribution in [0.15, 0.2) is 30.3 Å². The van der Waals surface area contributed by atoms with Crippen molar-refractivity contribution in [3.8, 4) is 0 Å². The molecule has 0 saturated carbocycles. The second-order valence-corrected chi connectivity index (χ2v) is 5.26. The smallest absolute Gasteiger partial charge is 0.143 e. The Kier molecular flexibility index (Phi) is 3.87. The van der Waals surface area contributed by atoms with E-state index in [4.69, 9.17) is 0 Å². The van der Waals surface area contributed by atoms with Crippen LogP contribution in [0.3, 0.4) is 0 Å². The maximum Gasteiger partial charge on any atom is 0.143 e. The summed E-state index contributed by atoms with van der Waals surface area (Å²) in [6.07, 6.45) is -0.715. The zero-order valence-corrected chi connectivity index (χ0v) is 10.4. The summed E-state index contributed by atoms with van der Waals surface area (Å²) in [6, 6.07) is 9.32. The molecular weight excluding hydrogens is 200 g/mol. The van der Waals surface area contributed by atoms with E-state index in [2.05, 4.69) is 0 Å². The van der Waals surface area contributed by atoms with Crippen molar-refractivity contribution >= 4 is 5.78 Å². The first-order valence-electron chi connectivity index (χ1n) is 5.61. The Morgan fingerprint density at radius 2 is 1.69 bits per heavy atom. The quantitative estimate of drug-likeness (QED) is 0.850. The highest BCUT2D eigenvalue weighted by Gasteiger charge is 2.31. The largest absolute Gasteiger partial charge is 0.388 e. The Labute approximate surface area is 97.3 Å². The average Bonchev–Trinajstić information content (AvgIpc) is 2.26. The van der Waals surface area contributed by atoms with E-state index in [0.717, 1.165) is 5.56 Å². The van der Waals surface area contributed by atoms with Crippen molar-refractivity contribution in [1.82, 2.24) is 0 Å². The van der Waals surface area contributed by atoms with Gasteiger partial charge in [0.05, 0.1) is 6.10 Å². The number of aliphatic hydroxyl groups is 1. The maximum absolute atomic E-state index is 12.0. The fraction of sp³-hybridized carbons (Fsp3) is 0.500. The monoisotopic (exact) mass is 220 g/mol. The highest BCUT2D eigenvalue weighted by molar-refractivity contribution is 5.86. The molecule has 0 aliphatic heterocycles. The van der Waals surface area contributed by atoms with Crippen molar-refractivity contribution in [3.05, 3.63) is 35.9 Å². The Balaban J connectivity index is 2.83. The van der Waals surface area contributed by atoms with E-state index in [-0.39, 0.29) is 11.7 Å². The average molecular weight is 220 g/mol. The van der Waals surface area contributed by atoms with Gasteiger partial charge in [-0.2, -0.15) is 0 Å². The van der Waals surface area contributed by atoms with Crippen LogP contribution in [-0.4, -0.2) is 10.9 Å². The molecule has 1 rings (SSSR count).